The van der Waals surface area contributed by atoms with Crippen LogP contribution in [0.15, 0.2) is 0 Å². The molecule has 0 aliphatic rings. The highest BCUT2D eigenvalue weighted by atomic mass is 14.6. The van der Waals surface area contributed by atoms with E-state index >= 15 is 0 Å². The molecular formula is C17H37N. The third kappa shape index (κ3) is 6.78. The van der Waals surface area contributed by atoms with Crippen LogP contribution in [0.2, 0.25) is 0 Å². The Morgan fingerprint density at radius 1 is 0.833 bits per heavy atom. The average Bonchev–Trinajstić information content (AvgIpc) is 2.23. The monoisotopic (exact) mass is 255 g/mol. The van der Waals surface area contributed by atoms with Crippen LogP contribution in [0.5, 0.6) is 0 Å². The van der Waals surface area contributed by atoms with Crippen molar-refractivity contribution in [3.63, 3.8) is 0 Å². The van der Waals surface area contributed by atoms with E-state index in [9.17, 15) is 0 Å². The Bertz CT molecular complexity index is 196. The maximum atomic E-state index is 6.00. The molecule has 0 aromatic carbocycles. The van der Waals surface area contributed by atoms with E-state index in [0.29, 0.717) is 6.04 Å². The molecule has 1 heteroatoms. The van der Waals surface area contributed by atoms with Gasteiger partial charge in [0.2, 0.25) is 0 Å². The van der Waals surface area contributed by atoms with Gasteiger partial charge in [0.15, 0.2) is 0 Å². The molecule has 0 saturated carbocycles. The molecule has 1 nitrogen and oxygen atoms in total. The van der Waals surface area contributed by atoms with Gasteiger partial charge in [0.05, 0.1) is 0 Å². The third-order valence-electron chi connectivity index (χ3n) is 4.50. The molecule has 0 rings (SSSR count). The summed E-state index contributed by atoms with van der Waals surface area (Å²) in [5.41, 5.74) is 6.00. The van der Waals surface area contributed by atoms with E-state index in [0.717, 1.165) is 29.6 Å². The van der Waals surface area contributed by atoms with Crippen LogP contribution in [0.4, 0.5) is 0 Å². The number of nitrogens with two attached hydrogens (primary N) is 1. The molecule has 4 atom stereocenters. The van der Waals surface area contributed by atoms with Gasteiger partial charge in [0, 0.05) is 6.04 Å². The fourth-order valence-electron chi connectivity index (χ4n) is 3.38. The van der Waals surface area contributed by atoms with Crippen LogP contribution in [-0.4, -0.2) is 6.04 Å². The SMILES string of the molecule is CCCC(C(C)C)C(C)CC(CC(C)N)C(C)C. The van der Waals surface area contributed by atoms with Gasteiger partial charge < -0.3 is 5.73 Å². The molecule has 4 unspecified atom stereocenters. The zero-order valence-corrected chi connectivity index (χ0v) is 13.9. The fraction of sp³-hybridized carbons (Fsp3) is 1.00. The summed E-state index contributed by atoms with van der Waals surface area (Å²) >= 11 is 0. The molecule has 0 bridgehead atoms. The Hall–Kier alpha value is -0.0400. The number of hydrogen-bond acceptors (Lipinski definition) is 1. The van der Waals surface area contributed by atoms with Gasteiger partial charge in [-0.3, -0.25) is 0 Å². The van der Waals surface area contributed by atoms with Crippen molar-refractivity contribution in [3.05, 3.63) is 0 Å². The lowest BCUT2D eigenvalue weighted by molar-refractivity contribution is 0.184. The van der Waals surface area contributed by atoms with E-state index in [2.05, 4.69) is 48.5 Å². The van der Waals surface area contributed by atoms with Crippen molar-refractivity contribution in [2.45, 2.75) is 80.2 Å². The highest BCUT2D eigenvalue weighted by Gasteiger charge is 2.25. The Kier molecular flexibility index (Phi) is 8.94. The fourth-order valence-corrected chi connectivity index (χ4v) is 3.38. The van der Waals surface area contributed by atoms with Crippen molar-refractivity contribution in [1.29, 1.82) is 0 Å². The third-order valence-corrected chi connectivity index (χ3v) is 4.50. The number of hydrogen-bond donors (Lipinski definition) is 1. The molecule has 0 radical (unpaired) electrons. The molecule has 0 aromatic rings. The van der Waals surface area contributed by atoms with E-state index in [1.807, 2.05) is 0 Å². The summed E-state index contributed by atoms with van der Waals surface area (Å²) < 4.78 is 0. The van der Waals surface area contributed by atoms with Gasteiger partial charge in [-0.15, -0.1) is 0 Å². The van der Waals surface area contributed by atoms with E-state index < -0.39 is 0 Å². The summed E-state index contributed by atoms with van der Waals surface area (Å²) in [7, 11) is 0. The van der Waals surface area contributed by atoms with Crippen LogP contribution >= 0.6 is 0 Å². The molecule has 0 saturated heterocycles. The second-order valence-electron chi connectivity index (χ2n) is 7.13. The second kappa shape index (κ2) is 8.96. The minimum atomic E-state index is 0.341. The first-order chi connectivity index (χ1) is 8.29. The molecule has 18 heavy (non-hydrogen) atoms. The van der Waals surface area contributed by atoms with Gasteiger partial charge in [-0.05, 0) is 49.4 Å². The van der Waals surface area contributed by atoms with Gasteiger partial charge >= 0.3 is 0 Å². The minimum Gasteiger partial charge on any atom is -0.328 e. The van der Waals surface area contributed by atoms with Crippen molar-refractivity contribution in [2.75, 3.05) is 0 Å². The minimum absolute atomic E-state index is 0.341. The van der Waals surface area contributed by atoms with Crippen molar-refractivity contribution in [3.8, 4) is 0 Å². The van der Waals surface area contributed by atoms with Crippen molar-refractivity contribution in [1.82, 2.24) is 0 Å². The predicted molar refractivity (Wildman–Crippen MR) is 83.6 cm³/mol. The van der Waals surface area contributed by atoms with Crippen LogP contribution in [-0.2, 0) is 0 Å². The predicted octanol–water partition coefficient (Wildman–Crippen LogP) is 5.09. The Labute approximate surface area is 116 Å². The van der Waals surface area contributed by atoms with E-state index in [1.54, 1.807) is 0 Å². The Balaban J connectivity index is 4.49. The molecule has 0 aromatic heterocycles. The maximum Gasteiger partial charge on any atom is 0.00132 e. The molecule has 110 valence electrons. The summed E-state index contributed by atoms with van der Waals surface area (Å²) in [6, 6.07) is 0.341. The topological polar surface area (TPSA) is 26.0 Å². The quantitative estimate of drug-likeness (QED) is 0.610. The van der Waals surface area contributed by atoms with Crippen LogP contribution < -0.4 is 5.73 Å². The van der Waals surface area contributed by atoms with Crippen LogP contribution in [0.1, 0.15) is 74.1 Å². The Morgan fingerprint density at radius 3 is 1.72 bits per heavy atom. The first-order valence-corrected chi connectivity index (χ1v) is 8.05. The zero-order chi connectivity index (χ0) is 14.3. The largest absolute Gasteiger partial charge is 0.328 e. The first-order valence-electron chi connectivity index (χ1n) is 8.05. The van der Waals surface area contributed by atoms with Crippen molar-refractivity contribution in [2.24, 2.45) is 35.3 Å². The summed E-state index contributed by atoms with van der Waals surface area (Å²) in [6.45, 7) is 16.4. The highest BCUT2D eigenvalue weighted by molar-refractivity contribution is 4.76. The molecule has 0 fully saturated rings. The van der Waals surface area contributed by atoms with E-state index in [-0.39, 0.29) is 0 Å². The molecule has 0 aliphatic heterocycles. The van der Waals surface area contributed by atoms with E-state index in [1.165, 1.54) is 25.7 Å². The second-order valence-corrected chi connectivity index (χ2v) is 7.13. The summed E-state index contributed by atoms with van der Waals surface area (Å²) in [6.07, 6.45) is 5.22. The zero-order valence-electron chi connectivity index (χ0n) is 13.9. The molecular weight excluding hydrogens is 218 g/mol. The summed E-state index contributed by atoms with van der Waals surface area (Å²) in [5.74, 6) is 4.06. The molecule has 0 heterocycles. The lowest BCUT2D eigenvalue weighted by atomic mass is 9.74. The van der Waals surface area contributed by atoms with Crippen molar-refractivity contribution >= 4 is 0 Å². The van der Waals surface area contributed by atoms with Gasteiger partial charge in [-0.2, -0.15) is 0 Å². The van der Waals surface area contributed by atoms with Crippen LogP contribution in [0.25, 0.3) is 0 Å². The van der Waals surface area contributed by atoms with Gasteiger partial charge in [0.25, 0.3) is 0 Å². The lowest BCUT2D eigenvalue weighted by Gasteiger charge is -2.32. The van der Waals surface area contributed by atoms with Gasteiger partial charge in [-0.25, -0.2) is 0 Å². The molecule has 2 N–H and O–H groups in total. The lowest BCUT2D eigenvalue weighted by Crippen LogP contribution is -2.27. The Morgan fingerprint density at radius 2 is 1.39 bits per heavy atom. The first kappa shape index (κ1) is 18.0. The highest BCUT2D eigenvalue weighted by Crippen LogP contribution is 2.33. The van der Waals surface area contributed by atoms with Crippen LogP contribution in [0, 0.1) is 29.6 Å². The summed E-state index contributed by atoms with van der Waals surface area (Å²) in [4.78, 5) is 0. The molecule has 0 spiro atoms. The van der Waals surface area contributed by atoms with Gasteiger partial charge in [-0.1, -0.05) is 54.4 Å². The van der Waals surface area contributed by atoms with E-state index in [4.69, 9.17) is 5.73 Å². The van der Waals surface area contributed by atoms with Gasteiger partial charge in [0.1, 0.15) is 0 Å². The van der Waals surface area contributed by atoms with Crippen LogP contribution in [0.3, 0.4) is 0 Å². The maximum absolute atomic E-state index is 6.00. The normalized spacial score (nSPS) is 19.0. The number of rotatable bonds is 9. The summed E-state index contributed by atoms with van der Waals surface area (Å²) in [5, 5.41) is 0. The standard InChI is InChI=1S/C17H37N/c1-8-9-17(13(4)5)14(6)10-16(12(2)3)11-15(7)18/h12-17H,8-11,18H2,1-7H3. The smallest absolute Gasteiger partial charge is 0.00132 e. The average molecular weight is 255 g/mol. The van der Waals surface area contributed by atoms with Crippen molar-refractivity contribution < 1.29 is 0 Å². The molecule has 0 amide bonds. The molecule has 0 aliphatic carbocycles.